The predicted octanol–water partition coefficient (Wildman–Crippen LogP) is 5.07. The minimum Gasteiger partial charge on any atom is -0.450 e. The van der Waals surface area contributed by atoms with Gasteiger partial charge in [0.25, 0.3) is 5.91 Å². The van der Waals surface area contributed by atoms with Crippen molar-refractivity contribution in [3.8, 4) is 0 Å². The van der Waals surface area contributed by atoms with Gasteiger partial charge in [-0.05, 0) is 43.7 Å². The number of amides is 1. The van der Waals surface area contributed by atoms with Gasteiger partial charge in [0.2, 0.25) is 5.78 Å². The molecule has 30 heavy (non-hydrogen) atoms. The zero-order valence-corrected chi connectivity index (χ0v) is 16.9. The third-order valence-corrected chi connectivity index (χ3v) is 4.64. The van der Waals surface area contributed by atoms with Crippen molar-refractivity contribution in [1.29, 1.82) is 0 Å². The van der Waals surface area contributed by atoms with Crippen molar-refractivity contribution in [3.63, 3.8) is 0 Å². The molecule has 0 unspecified atom stereocenters. The number of rotatable bonds is 7. The highest BCUT2D eigenvalue weighted by atomic mass is 16.5. The maximum absolute atomic E-state index is 12.6. The lowest BCUT2D eigenvalue weighted by Crippen LogP contribution is -2.27. The summed E-state index contributed by atoms with van der Waals surface area (Å²) in [6.07, 6.45) is -0.505. The van der Waals surface area contributed by atoms with Crippen molar-refractivity contribution in [2.24, 2.45) is 0 Å². The summed E-state index contributed by atoms with van der Waals surface area (Å²) in [5.41, 5.74) is 2.81. The summed E-state index contributed by atoms with van der Waals surface area (Å²) >= 11 is 0. The molecule has 0 heterocycles. The standard InChI is InChI=1S/C25H23NO4/c1-3-22(23(27)18-8-5-4-6-9-18)30-25(29)20-10-7-11-21(16-20)26-24(28)19-14-12-17(2)13-15-19/h4-16,22H,3H2,1-2H3,(H,26,28)/t22-/m0/s1. The van der Waals surface area contributed by atoms with Crippen LogP contribution in [0.1, 0.15) is 50.0 Å². The molecule has 1 N–H and O–H groups in total. The van der Waals surface area contributed by atoms with E-state index in [1.807, 2.05) is 25.1 Å². The first-order chi connectivity index (χ1) is 14.5. The summed E-state index contributed by atoms with van der Waals surface area (Å²) in [5.74, 6) is -1.13. The van der Waals surface area contributed by atoms with Crippen LogP contribution in [-0.2, 0) is 4.74 Å². The normalized spacial score (nSPS) is 11.4. The molecule has 152 valence electrons. The van der Waals surface area contributed by atoms with Crippen LogP contribution in [0.2, 0.25) is 0 Å². The molecule has 0 saturated carbocycles. The predicted molar refractivity (Wildman–Crippen MR) is 116 cm³/mol. The Hall–Kier alpha value is -3.73. The molecule has 0 spiro atoms. The van der Waals surface area contributed by atoms with Crippen LogP contribution < -0.4 is 5.32 Å². The molecule has 0 bridgehead atoms. The maximum Gasteiger partial charge on any atom is 0.338 e. The summed E-state index contributed by atoms with van der Waals surface area (Å²) < 4.78 is 5.46. The van der Waals surface area contributed by atoms with Crippen molar-refractivity contribution in [2.45, 2.75) is 26.4 Å². The minimum atomic E-state index is -0.870. The molecular weight excluding hydrogens is 378 g/mol. The second-order valence-electron chi connectivity index (χ2n) is 6.93. The van der Waals surface area contributed by atoms with Crippen LogP contribution in [0.5, 0.6) is 0 Å². The van der Waals surface area contributed by atoms with Gasteiger partial charge in [-0.15, -0.1) is 0 Å². The van der Waals surface area contributed by atoms with E-state index < -0.39 is 12.1 Å². The van der Waals surface area contributed by atoms with Crippen LogP contribution in [0, 0.1) is 6.92 Å². The van der Waals surface area contributed by atoms with E-state index in [-0.39, 0.29) is 17.3 Å². The number of anilines is 1. The largest absolute Gasteiger partial charge is 0.450 e. The Morgan fingerprint density at radius 1 is 0.833 bits per heavy atom. The highest BCUT2D eigenvalue weighted by molar-refractivity contribution is 6.05. The van der Waals surface area contributed by atoms with Gasteiger partial charge in [0.15, 0.2) is 6.10 Å². The molecule has 0 radical (unpaired) electrons. The maximum atomic E-state index is 12.6. The first-order valence-electron chi connectivity index (χ1n) is 9.76. The van der Waals surface area contributed by atoms with Crippen molar-refractivity contribution in [3.05, 3.63) is 101 Å². The number of benzene rings is 3. The Morgan fingerprint density at radius 3 is 2.17 bits per heavy atom. The molecule has 5 nitrogen and oxygen atoms in total. The third kappa shape index (κ3) is 5.20. The quantitative estimate of drug-likeness (QED) is 0.443. The average Bonchev–Trinajstić information content (AvgIpc) is 2.78. The molecule has 3 aromatic carbocycles. The van der Waals surface area contributed by atoms with Crippen molar-refractivity contribution in [2.75, 3.05) is 5.32 Å². The SMILES string of the molecule is CC[C@H](OC(=O)c1cccc(NC(=O)c2ccc(C)cc2)c1)C(=O)c1ccccc1. The van der Waals surface area contributed by atoms with Crippen LogP contribution in [0.25, 0.3) is 0 Å². The van der Waals surface area contributed by atoms with Gasteiger partial charge in [-0.1, -0.05) is 61.0 Å². The molecule has 3 rings (SSSR count). The number of hydrogen-bond donors (Lipinski definition) is 1. The average molecular weight is 401 g/mol. The third-order valence-electron chi connectivity index (χ3n) is 4.64. The number of Topliss-reactive ketones (excluding diaryl/α,β-unsaturated/α-hetero) is 1. The molecular formula is C25H23NO4. The van der Waals surface area contributed by atoms with Crippen LogP contribution in [0.3, 0.4) is 0 Å². The smallest absolute Gasteiger partial charge is 0.338 e. The molecule has 0 aliphatic carbocycles. The highest BCUT2D eigenvalue weighted by Gasteiger charge is 2.23. The number of ether oxygens (including phenoxy) is 1. The molecule has 0 aromatic heterocycles. The van der Waals surface area contributed by atoms with Gasteiger partial charge in [-0.2, -0.15) is 0 Å². The molecule has 0 fully saturated rings. The fourth-order valence-electron chi connectivity index (χ4n) is 2.94. The molecule has 0 aliphatic heterocycles. The summed E-state index contributed by atoms with van der Waals surface area (Å²) in [7, 11) is 0. The summed E-state index contributed by atoms with van der Waals surface area (Å²) in [6, 6.07) is 22.4. The van der Waals surface area contributed by atoms with E-state index in [9.17, 15) is 14.4 Å². The second kappa shape index (κ2) is 9.65. The number of esters is 1. The Labute approximate surface area is 175 Å². The van der Waals surface area contributed by atoms with Crippen molar-refractivity contribution >= 4 is 23.3 Å². The Balaban J connectivity index is 1.69. The van der Waals surface area contributed by atoms with Crippen LogP contribution in [0.4, 0.5) is 5.69 Å². The Morgan fingerprint density at radius 2 is 1.50 bits per heavy atom. The number of nitrogens with one attached hydrogen (secondary N) is 1. The minimum absolute atomic E-state index is 0.240. The first-order valence-corrected chi connectivity index (χ1v) is 9.76. The topological polar surface area (TPSA) is 72.5 Å². The number of hydrogen-bond acceptors (Lipinski definition) is 4. The van der Waals surface area contributed by atoms with Crippen LogP contribution in [0.15, 0.2) is 78.9 Å². The lowest BCUT2D eigenvalue weighted by molar-refractivity contribution is 0.0277. The van der Waals surface area contributed by atoms with E-state index >= 15 is 0 Å². The van der Waals surface area contributed by atoms with Crippen LogP contribution >= 0.6 is 0 Å². The van der Waals surface area contributed by atoms with Gasteiger partial charge >= 0.3 is 5.97 Å². The number of ketones is 1. The number of carbonyl (C=O) groups excluding carboxylic acids is 3. The van der Waals surface area contributed by atoms with E-state index in [0.717, 1.165) is 5.56 Å². The van der Waals surface area contributed by atoms with Gasteiger partial charge in [0, 0.05) is 16.8 Å². The molecule has 1 atom stereocenters. The zero-order valence-electron chi connectivity index (χ0n) is 16.9. The van der Waals surface area contributed by atoms with Crippen molar-refractivity contribution in [1.82, 2.24) is 0 Å². The van der Waals surface area contributed by atoms with E-state index in [1.54, 1.807) is 61.5 Å². The summed E-state index contributed by atoms with van der Waals surface area (Å²) in [6.45, 7) is 3.74. The number of aryl methyl sites for hydroxylation is 1. The van der Waals surface area contributed by atoms with Gasteiger partial charge in [-0.3, -0.25) is 9.59 Å². The van der Waals surface area contributed by atoms with Gasteiger partial charge < -0.3 is 10.1 Å². The first kappa shape index (κ1) is 21.0. The fourth-order valence-corrected chi connectivity index (χ4v) is 2.94. The molecule has 5 heteroatoms. The Kier molecular flexibility index (Phi) is 6.75. The monoisotopic (exact) mass is 401 g/mol. The van der Waals surface area contributed by atoms with Crippen molar-refractivity contribution < 1.29 is 19.1 Å². The van der Waals surface area contributed by atoms with Gasteiger partial charge in [-0.25, -0.2) is 4.79 Å². The van der Waals surface area contributed by atoms with Gasteiger partial charge in [0.05, 0.1) is 5.56 Å². The highest BCUT2D eigenvalue weighted by Crippen LogP contribution is 2.16. The molecule has 0 saturated heterocycles. The van der Waals surface area contributed by atoms with E-state index in [2.05, 4.69) is 5.32 Å². The van der Waals surface area contributed by atoms with E-state index in [4.69, 9.17) is 4.74 Å². The molecule has 0 aliphatic rings. The van der Waals surface area contributed by atoms with Crippen LogP contribution in [-0.4, -0.2) is 23.8 Å². The fraction of sp³-hybridized carbons (Fsp3) is 0.160. The number of carbonyl (C=O) groups is 3. The summed E-state index contributed by atoms with van der Waals surface area (Å²) in [4.78, 5) is 37.6. The van der Waals surface area contributed by atoms with E-state index in [1.165, 1.54) is 6.07 Å². The molecule has 3 aromatic rings. The lowest BCUT2D eigenvalue weighted by atomic mass is 10.0. The molecule has 1 amide bonds. The van der Waals surface area contributed by atoms with Gasteiger partial charge in [0.1, 0.15) is 0 Å². The second-order valence-corrected chi connectivity index (χ2v) is 6.93. The van der Waals surface area contributed by atoms with E-state index in [0.29, 0.717) is 23.2 Å². The summed E-state index contributed by atoms with van der Waals surface area (Å²) in [5, 5.41) is 2.78. The Bertz CT molecular complexity index is 1040. The lowest BCUT2D eigenvalue weighted by Gasteiger charge is -2.15. The zero-order chi connectivity index (χ0) is 21.5.